The topological polar surface area (TPSA) is 39.1 Å². The van der Waals surface area contributed by atoms with Gasteiger partial charge in [0.1, 0.15) is 5.82 Å². The maximum Gasteiger partial charge on any atom is 0.123 e. The highest BCUT2D eigenvalue weighted by molar-refractivity contribution is 5.37. The molecule has 0 aromatic heterocycles. The minimum Gasteiger partial charge on any atom is -0.311 e. The van der Waals surface area contributed by atoms with Crippen molar-refractivity contribution in [2.75, 3.05) is 26.2 Å². The molecule has 0 saturated carbocycles. The normalized spacial score (nSPS) is 16.2. The van der Waals surface area contributed by atoms with Gasteiger partial charge in [-0.3, -0.25) is 0 Å². The van der Waals surface area contributed by atoms with Gasteiger partial charge in [-0.05, 0) is 49.7 Å². The second-order valence-corrected chi connectivity index (χ2v) is 4.99. The molecule has 1 aliphatic rings. The Balaban J connectivity index is 1.76. The lowest BCUT2D eigenvalue weighted by Gasteiger charge is -2.26. The minimum absolute atomic E-state index is 0.285. The molecule has 1 aromatic rings. The van der Waals surface area contributed by atoms with Gasteiger partial charge in [0, 0.05) is 19.6 Å². The zero-order valence-electron chi connectivity index (χ0n) is 11.2. The van der Waals surface area contributed by atoms with Crippen molar-refractivity contribution >= 4 is 0 Å². The SMILES string of the molecule is N#Cc1ccc(F)cc1CNCCN1CCCCC1. The third-order valence-corrected chi connectivity index (χ3v) is 3.56. The van der Waals surface area contributed by atoms with E-state index >= 15 is 0 Å². The van der Waals surface area contributed by atoms with E-state index in [4.69, 9.17) is 5.26 Å². The lowest BCUT2D eigenvalue weighted by molar-refractivity contribution is 0.229. The third kappa shape index (κ3) is 4.30. The zero-order valence-corrected chi connectivity index (χ0v) is 11.2. The number of hydrogen-bond acceptors (Lipinski definition) is 3. The predicted molar refractivity (Wildman–Crippen MR) is 73.1 cm³/mol. The molecular formula is C15H20FN3. The summed E-state index contributed by atoms with van der Waals surface area (Å²) in [5.41, 5.74) is 1.29. The van der Waals surface area contributed by atoms with Crippen LogP contribution in [0.25, 0.3) is 0 Å². The first kappa shape index (κ1) is 14.0. The van der Waals surface area contributed by atoms with Crippen LogP contribution in [0.15, 0.2) is 18.2 Å². The lowest BCUT2D eigenvalue weighted by Crippen LogP contribution is -2.35. The van der Waals surface area contributed by atoms with Crippen molar-refractivity contribution in [2.24, 2.45) is 0 Å². The number of piperidine rings is 1. The molecule has 1 saturated heterocycles. The fraction of sp³-hybridized carbons (Fsp3) is 0.533. The van der Waals surface area contributed by atoms with Gasteiger partial charge in [0.2, 0.25) is 0 Å². The van der Waals surface area contributed by atoms with Crippen LogP contribution in [0.3, 0.4) is 0 Å². The fourth-order valence-corrected chi connectivity index (χ4v) is 2.46. The summed E-state index contributed by atoms with van der Waals surface area (Å²) >= 11 is 0. The van der Waals surface area contributed by atoms with E-state index in [1.807, 2.05) is 0 Å². The maximum atomic E-state index is 13.1. The van der Waals surface area contributed by atoms with Crippen LogP contribution in [0.1, 0.15) is 30.4 Å². The predicted octanol–water partition coefficient (Wildman–Crippen LogP) is 2.27. The number of benzene rings is 1. The van der Waals surface area contributed by atoms with Crippen molar-refractivity contribution in [2.45, 2.75) is 25.8 Å². The van der Waals surface area contributed by atoms with E-state index in [2.05, 4.69) is 16.3 Å². The van der Waals surface area contributed by atoms with Gasteiger partial charge >= 0.3 is 0 Å². The molecule has 0 radical (unpaired) electrons. The number of likely N-dealkylation sites (tertiary alicyclic amines) is 1. The molecule has 0 unspecified atom stereocenters. The van der Waals surface area contributed by atoms with E-state index in [1.54, 1.807) is 0 Å². The largest absolute Gasteiger partial charge is 0.311 e. The summed E-state index contributed by atoms with van der Waals surface area (Å²) in [4.78, 5) is 2.45. The number of rotatable bonds is 5. The van der Waals surface area contributed by atoms with Crippen molar-refractivity contribution in [3.63, 3.8) is 0 Å². The summed E-state index contributed by atoms with van der Waals surface area (Å²) in [6, 6.07) is 6.40. The molecule has 0 spiro atoms. The van der Waals surface area contributed by atoms with Gasteiger partial charge in [-0.2, -0.15) is 5.26 Å². The molecule has 19 heavy (non-hydrogen) atoms. The third-order valence-electron chi connectivity index (χ3n) is 3.56. The van der Waals surface area contributed by atoms with Crippen molar-refractivity contribution in [1.82, 2.24) is 10.2 Å². The van der Waals surface area contributed by atoms with E-state index in [9.17, 15) is 4.39 Å². The molecule has 1 fully saturated rings. The van der Waals surface area contributed by atoms with E-state index in [0.29, 0.717) is 12.1 Å². The molecule has 102 valence electrons. The second kappa shape index (κ2) is 7.22. The van der Waals surface area contributed by atoms with E-state index in [0.717, 1.165) is 18.7 Å². The van der Waals surface area contributed by atoms with Gasteiger partial charge in [0.15, 0.2) is 0 Å². The van der Waals surface area contributed by atoms with Gasteiger partial charge in [-0.1, -0.05) is 6.42 Å². The van der Waals surface area contributed by atoms with Crippen LogP contribution < -0.4 is 5.32 Å². The molecule has 3 nitrogen and oxygen atoms in total. The lowest BCUT2D eigenvalue weighted by atomic mass is 10.1. The van der Waals surface area contributed by atoms with Crippen LogP contribution in [-0.2, 0) is 6.54 Å². The number of halogens is 1. The highest BCUT2D eigenvalue weighted by Crippen LogP contribution is 2.10. The van der Waals surface area contributed by atoms with Gasteiger partial charge in [0.25, 0.3) is 0 Å². The molecule has 1 N–H and O–H groups in total. The van der Waals surface area contributed by atoms with Gasteiger partial charge in [0.05, 0.1) is 11.6 Å². The zero-order chi connectivity index (χ0) is 13.5. The molecule has 1 aliphatic heterocycles. The number of hydrogen-bond donors (Lipinski definition) is 1. The fourth-order valence-electron chi connectivity index (χ4n) is 2.46. The molecule has 1 heterocycles. The Morgan fingerprint density at radius 3 is 2.79 bits per heavy atom. The van der Waals surface area contributed by atoms with Crippen molar-refractivity contribution < 1.29 is 4.39 Å². The second-order valence-electron chi connectivity index (χ2n) is 4.99. The first-order chi connectivity index (χ1) is 9.29. The highest BCUT2D eigenvalue weighted by atomic mass is 19.1. The molecule has 0 bridgehead atoms. The molecule has 0 aliphatic carbocycles. The van der Waals surface area contributed by atoms with Gasteiger partial charge < -0.3 is 10.2 Å². The summed E-state index contributed by atoms with van der Waals surface area (Å²) in [7, 11) is 0. The van der Waals surface area contributed by atoms with Gasteiger partial charge in [-0.15, -0.1) is 0 Å². The summed E-state index contributed by atoms with van der Waals surface area (Å²) in [6.07, 6.45) is 3.93. The smallest absolute Gasteiger partial charge is 0.123 e. The first-order valence-corrected chi connectivity index (χ1v) is 6.91. The Bertz CT molecular complexity index is 447. The van der Waals surface area contributed by atoms with E-state index < -0.39 is 0 Å². The average Bonchev–Trinajstić information content (AvgIpc) is 2.45. The molecule has 0 atom stereocenters. The van der Waals surface area contributed by atoms with Gasteiger partial charge in [-0.25, -0.2) is 4.39 Å². The van der Waals surface area contributed by atoms with Crippen LogP contribution in [-0.4, -0.2) is 31.1 Å². The average molecular weight is 261 g/mol. The maximum absolute atomic E-state index is 13.1. The van der Waals surface area contributed by atoms with Crippen molar-refractivity contribution in [3.05, 3.63) is 35.1 Å². The number of nitrogens with one attached hydrogen (secondary N) is 1. The standard InChI is InChI=1S/C15H20FN3/c16-15-5-4-13(11-17)14(10-15)12-18-6-9-19-7-2-1-3-8-19/h4-5,10,18H,1-3,6-9,12H2. The number of nitriles is 1. The first-order valence-electron chi connectivity index (χ1n) is 6.91. The van der Waals surface area contributed by atoms with Crippen LogP contribution in [0, 0.1) is 17.1 Å². The molecule has 2 rings (SSSR count). The Hall–Kier alpha value is -1.44. The highest BCUT2D eigenvalue weighted by Gasteiger charge is 2.09. The molecule has 0 amide bonds. The minimum atomic E-state index is -0.285. The molecule has 4 heteroatoms. The van der Waals surface area contributed by atoms with E-state index in [1.165, 1.54) is 50.6 Å². The monoisotopic (exact) mass is 261 g/mol. The summed E-state index contributed by atoms with van der Waals surface area (Å²) < 4.78 is 13.1. The molecule has 1 aromatic carbocycles. The Morgan fingerprint density at radius 2 is 2.05 bits per heavy atom. The van der Waals surface area contributed by atoms with Crippen LogP contribution in [0.4, 0.5) is 4.39 Å². The van der Waals surface area contributed by atoms with Crippen LogP contribution >= 0.6 is 0 Å². The van der Waals surface area contributed by atoms with Crippen molar-refractivity contribution in [1.29, 1.82) is 5.26 Å². The molecular weight excluding hydrogens is 241 g/mol. The Morgan fingerprint density at radius 1 is 1.26 bits per heavy atom. The Kier molecular flexibility index (Phi) is 5.31. The Labute approximate surface area is 114 Å². The summed E-state index contributed by atoms with van der Waals surface area (Å²) in [6.45, 7) is 4.82. The van der Waals surface area contributed by atoms with Crippen molar-refractivity contribution in [3.8, 4) is 6.07 Å². The van der Waals surface area contributed by atoms with Crippen LogP contribution in [0.2, 0.25) is 0 Å². The summed E-state index contributed by atoms with van der Waals surface area (Å²) in [5, 5.41) is 12.3. The number of nitrogens with zero attached hydrogens (tertiary/aromatic N) is 2. The summed E-state index contributed by atoms with van der Waals surface area (Å²) in [5.74, 6) is -0.285. The van der Waals surface area contributed by atoms with Crippen LogP contribution in [0.5, 0.6) is 0 Å². The van der Waals surface area contributed by atoms with E-state index in [-0.39, 0.29) is 5.82 Å². The quantitative estimate of drug-likeness (QED) is 0.826.